The van der Waals surface area contributed by atoms with E-state index in [0.717, 1.165) is 0 Å². The molecular formula is C13H16N2O3. The number of hydrogen-bond acceptors (Lipinski definition) is 3. The molecule has 1 aromatic carbocycles. The Morgan fingerprint density at radius 2 is 2.17 bits per heavy atom. The van der Waals surface area contributed by atoms with Crippen molar-refractivity contribution in [2.75, 3.05) is 6.61 Å². The summed E-state index contributed by atoms with van der Waals surface area (Å²) in [6, 6.07) is 5.03. The van der Waals surface area contributed by atoms with Gasteiger partial charge in [-0.25, -0.2) is 9.78 Å². The SMILES string of the molecule is CC(C)(CO)Cn1cnc2cccc(C(=O)O)c21. The molecule has 0 aliphatic rings. The van der Waals surface area contributed by atoms with Gasteiger partial charge in [0.25, 0.3) is 0 Å². The summed E-state index contributed by atoms with van der Waals surface area (Å²) in [5.41, 5.74) is 1.17. The summed E-state index contributed by atoms with van der Waals surface area (Å²) in [5.74, 6) is -0.968. The Labute approximate surface area is 105 Å². The second kappa shape index (κ2) is 4.42. The third-order valence-corrected chi connectivity index (χ3v) is 2.89. The van der Waals surface area contributed by atoms with Crippen LogP contribution in [0.5, 0.6) is 0 Å². The van der Waals surface area contributed by atoms with Crippen LogP contribution in [-0.4, -0.2) is 32.3 Å². The molecule has 0 amide bonds. The van der Waals surface area contributed by atoms with Crippen LogP contribution in [0, 0.1) is 5.41 Å². The molecule has 0 spiro atoms. The minimum atomic E-state index is -0.968. The van der Waals surface area contributed by atoms with Crippen molar-refractivity contribution < 1.29 is 15.0 Å². The first-order valence-corrected chi connectivity index (χ1v) is 5.72. The highest BCUT2D eigenvalue weighted by Gasteiger charge is 2.20. The molecule has 0 saturated heterocycles. The molecule has 96 valence electrons. The molecule has 2 N–H and O–H groups in total. The van der Waals surface area contributed by atoms with E-state index in [1.54, 1.807) is 29.1 Å². The zero-order chi connectivity index (χ0) is 13.3. The molecule has 2 rings (SSSR count). The average Bonchev–Trinajstić information content (AvgIpc) is 2.72. The van der Waals surface area contributed by atoms with Gasteiger partial charge in [0.2, 0.25) is 0 Å². The number of benzene rings is 1. The molecule has 1 heterocycles. The van der Waals surface area contributed by atoms with Gasteiger partial charge in [0.05, 0.1) is 22.9 Å². The van der Waals surface area contributed by atoms with Crippen LogP contribution in [0.3, 0.4) is 0 Å². The number of imidazole rings is 1. The van der Waals surface area contributed by atoms with Gasteiger partial charge in [-0.05, 0) is 12.1 Å². The number of nitrogens with zero attached hydrogens (tertiary/aromatic N) is 2. The summed E-state index contributed by atoms with van der Waals surface area (Å²) < 4.78 is 1.79. The highest BCUT2D eigenvalue weighted by molar-refractivity contribution is 6.01. The Bertz CT molecular complexity index is 587. The summed E-state index contributed by atoms with van der Waals surface area (Å²) in [4.78, 5) is 15.4. The number of aliphatic hydroxyl groups excluding tert-OH is 1. The van der Waals surface area contributed by atoms with Gasteiger partial charge in [-0.1, -0.05) is 19.9 Å². The maximum Gasteiger partial charge on any atom is 0.337 e. The second-order valence-corrected chi connectivity index (χ2v) is 5.17. The third-order valence-electron chi connectivity index (χ3n) is 2.89. The Hall–Kier alpha value is -1.88. The summed E-state index contributed by atoms with van der Waals surface area (Å²) in [6.45, 7) is 4.39. The van der Waals surface area contributed by atoms with Crippen molar-refractivity contribution in [1.82, 2.24) is 9.55 Å². The largest absolute Gasteiger partial charge is 0.478 e. The number of carboxylic acid groups (broad SMARTS) is 1. The summed E-state index contributed by atoms with van der Waals surface area (Å²) in [7, 11) is 0. The first kappa shape index (κ1) is 12.6. The van der Waals surface area contributed by atoms with Gasteiger partial charge in [-0.3, -0.25) is 0 Å². The van der Waals surface area contributed by atoms with E-state index in [-0.39, 0.29) is 17.6 Å². The smallest absolute Gasteiger partial charge is 0.337 e. The molecule has 0 fully saturated rings. The zero-order valence-corrected chi connectivity index (χ0v) is 10.4. The first-order valence-electron chi connectivity index (χ1n) is 5.72. The lowest BCUT2D eigenvalue weighted by molar-refractivity contribution is 0.0698. The first-order chi connectivity index (χ1) is 8.44. The van der Waals surface area contributed by atoms with E-state index in [1.165, 1.54) is 0 Å². The highest BCUT2D eigenvalue weighted by atomic mass is 16.4. The predicted octanol–water partition coefficient (Wildman–Crippen LogP) is 1.75. The molecule has 5 nitrogen and oxygen atoms in total. The molecule has 1 aromatic heterocycles. The predicted molar refractivity (Wildman–Crippen MR) is 67.6 cm³/mol. The third kappa shape index (κ3) is 2.22. The van der Waals surface area contributed by atoms with Crippen molar-refractivity contribution >= 4 is 17.0 Å². The Morgan fingerprint density at radius 3 is 2.78 bits per heavy atom. The van der Waals surface area contributed by atoms with E-state index in [9.17, 15) is 15.0 Å². The number of fused-ring (bicyclic) bond motifs is 1. The zero-order valence-electron chi connectivity index (χ0n) is 10.4. The summed E-state index contributed by atoms with van der Waals surface area (Å²) in [5, 5.41) is 18.5. The number of rotatable bonds is 4. The van der Waals surface area contributed by atoms with Gasteiger partial charge < -0.3 is 14.8 Å². The van der Waals surface area contributed by atoms with E-state index in [4.69, 9.17) is 0 Å². The lowest BCUT2D eigenvalue weighted by atomic mass is 9.95. The Morgan fingerprint density at radius 1 is 1.44 bits per heavy atom. The minimum Gasteiger partial charge on any atom is -0.478 e. The van der Waals surface area contributed by atoms with E-state index >= 15 is 0 Å². The van der Waals surface area contributed by atoms with Crippen LogP contribution in [0.4, 0.5) is 0 Å². The summed E-state index contributed by atoms with van der Waals surface area (Å²) >= 11 is 0. The van der Waals surface area contributed by atoms with Crippen molar-refractivity contribution in [3.63, 3.8) is 0 Å². The van der Waals surface area contributed by atoms with Crippen LogP contribution < -0.4 is 0 Å². The quantitative estimate of drug-likeness (QED) is 0.864. The number of aromatic carboxylic acids is 1. The van der Waals surface area contributed by atoms with Crippen molar-refractivity contribution in [2.45, 2.75) is 20.4 Å². The number of aromatic nitrogens is 2. The van der Waals surface area contributed by atoms with Gasteiger partial charge in [0.1, 0.15) is 0 Å². The topological polar surface area (TPSA) is 75.3 Å². The fraction of sp³-hybridized carbons (Fsp3) is 0.385. The number of carboxylic acids is 1. The van der Waals surface area contributed by atoms with E-state index in [1.807, 2.05) is 13.8 Å². The molecule has 0 bridgehead atoms. The number of para-hydroxylation sites is 1. The maximum atomic E-state index is 11.2. The van der Waals surface area contributed by atoms with Crippen LogP contribution in [0.1, 0.15) is 24.2 Å². The Kier molecular flexibility index (Phi) is 3.09. The standard InChI is InChI=1S/C13H16N2O3/c1-13(2,7-16)6-15-8-14-10-5-3-4-9(11(10)15)12(17)18/h3-5,8,16H,6-7H2,1-2H3,(H,17,18). The summed E-state index contributed by atoms with van der Waals surface area (Å²) in [6.07, 6.45) is 1.62. The molecule has 18 heavy (non-hydrogen) atoms. The molecular weight excluding hydrogens is 232 g/mol. The molecule has 0 aliphatic carbocycles. The fourth-order valence-corrected chi connectivity index (χ4v) is 1.93. The lowest BCUT2D eigenvalue weighted by Gasteiger charge is -2.22. The van der Waals surface area contributed by atoms with Crippen molar-refractivity contribution in [1.29, 1.82) is 0 Å². The highest BCUT2D eigenvalue weighted by Crippen LogP contribution is 2.23. The van der Waals surface area contributed by atoms with E-state index < -0.39 is 5.97 Å². The van der Waals surface area contributed by atoms with E-state index in [2.05, 4.69) is 4.98 Å². The Balaban J connectivity index is 2.55. The van der Waals surface area contributed by atoms with Gasteiger partial charge in [-0.15, -0.1) is 0 Å². The minimum absolute atomic E-state index is 0.0297. The average molecular weight is 248 g/mol. The van der Waals surface area contributed by atoms with Crippen LogP contribution >= 0.6 is 0 Å². The van der Waals surface area contributed by atoms with Gasteiger partial charge in [-0.2, -0.15) is 0 Å². The van der Waals surface area contributed by atoms with E-state index in [0.29, 0.717) is 17.6 Å². The fourth-order valence-electron chi connectivity index (χ4n) is 1.93. The van der Waals surface area contributed by atoms with Crippen LogP contribution in [-0.2, 0) is 6.54 Å². The van der Waals surface area contributed by atoms with Crippen molar-refractivity contribution in [3.05, 3.63) is 30.1 Å². The molecule has 0 aliphatic heterocycles. The number of hydrogen-bond donors (Lipinski definition) is 2. The number of aliphatic hydroxyl groups is 1. The monoisotopic (exact) mass is 248 g/mol. The molecule has 0 atom stereocenters. The normalized spacial score (nSPS) is 11.9. The number of carbonyl (C=O) groups is 1. The van der Waals surface area contributed by atoms with Crippen LogP contribution in [0.2, 0.25) is 0 Å². The van der Waals surface area contributed by atoms with Gasteiger partial charge >= 0.3 is 5.97 Å². The van der Waals surface area contributed by atoms with Crippen molar-refractivity contribution in [2.24, 2.45) is 5.41 Å². The molecule has 5 heteroatoms. The van der Waals surface area contributed by atoms with Gasteiger partial charge in [0.15, 0.2) is 0 Å². The molecule has 0 radical (unpaired) electrons. The van der Waals surface area contributed by atoms with Crippen LogP contribution in [0.15, 0.2) is 24.5 Å². The molecule has 2 aromatic rings. The lowest BCUT2D eigenvalue weighted by Crippen LogP contribution is -2.23. The second-order valence-electron chi connectivity index (χ2n) is 5.17. The maximum absolute atomic E-state index is 11.2. The molecule has 0 unspecified atom stereocenters. The van der Waals surface area contributed by atoms with Crippen molar-refractivity contribution in [3.8, 4) is 0 Å². The molecule has 0 saturated carbocycles. The van der Waals surface area contributed by atoms with Crippen LogP contribution in [0.25, 0.3) is 11.0 Å². The van der Waals surface area contributed by atoms with Gasteiger partial charge in [0, 0.05) is 18.6 Å².